The molecule has 2 rings (SSSR count). The van der Waals surface area contributed by atoms with E-state index in [0.29, 0.717) is 0 Å². The first-order valence-corrected chi connectivity index (χ1v) is 3.51. The highest BCUT2D eigenvalue weighted by atomic mass is 16.3. The van der Waals surface area contributed by atoms with Gasteiger partial charge in [0, 0.05) is 5.41 Å². The summed E-state index contributed by atoms with van der Waals surface area (Å²) in [5.41, 5.74) is 4.44. The van der Waals surface area contributed by atoms with Crippen molar-refractivity contribution in [3.05, 3.63) is 0 Å². The molecule has 0 aromatic rings. The molecule has 0 amide bonds. The van der Waals surface area contributed by atoms with Crippen LogP contribution in [0.5, 0.6) is 0 Å². The molecule has 0 aromatic heterocycles. The van der Waals surface area contributed by atoms with Gasteiger partial charge in [-0.3, -0.25) is 4.79 Å². The van der Waals surface area contributed by atoms with Crippen molar-refractivity contribution in [3.63, 3.8) is 0 Å². The summed E-state index contributed by atoms with van der Waals surface area (Å²) >= 11 is 0. The molecule has 56 valence electrons. The third kappa shape index (κ3) is 0.403. The molecule has 0 heterocycles. The number of ketones is 1. The van der Waals surface area contributed by atoms with E-state index in [4.69, 9.17) is 5.73 Å². The molecule has 2 saturated carbocycles. The second-order valence-corrected chi connectivity index (χ2v) is 3.62. The van der Waals surface area contributed by atoms with Gasteiger partial charge in [-0.2, -0.15) is 0 Å². The fraction of sp³-hybridized carbons (Fsp3) is 0.857. The molecular weight excluding hydrogens is 130 g/mol. The molecule has 2 aliphatic rings. The van der Waals surface area contributed by atoms with Gasteiger partial charge in [-0.15, -0.1) is 0 Å². The molecule has 2 fully saturated rings. The predicted molar refractivity (Wildman–Crippen MR) is 35.2 cm³/mol. The van der Waals surface area contributed by atoms with Crippen molar-refractivity contribution < 1.29 is 9.90 Å². The number of Topliss-reactive ketones (excluding diaryl/α,β-unsaturated/α-hetero) is 1. The summed E-state index contributed by atoms with van der Waals surface area (Å²) in [6.07, 6.45) is 0.788. The molecule has 0 spiro atoms. The fourth-order valence-electron chi connectivity index (χ4n) is 2.07. The van der Waals surface area contributed by atoms with E-state index in [1.807, 2.05) is 6.92 Å². The van der Waals surface area contributed by atoms with Gasteiger partial charge in [0.1, 0.15) is 0 Å². The van der Waals surface area contributed by atoms with Crippen LogP contribution in [0.1, 0.15) is 13.3 Å². The molecule has 0 bridgehead atoms. The number of fused-ring (bicyclic) bond motifs is 1. The zero-order chi connectivity index (χ0) is 7.57. The molecule has 3 heteroatoms. The average molecular weight is 141 g/mol. The Bertz CT molecular complexity index is 202. The maximum absolute atomic E-state index is 10.9. The number of aliphatic hydroxyl groups is 1. The smallest absolute Gasteiger partial charge is 0.153 e. The maximum atomic E-state index is 10.9. The second-order valence-electron chi connectivity index (χ2n) is 3.62. The molecule has 3 nitrogen and oxygen atoms in total. The highest BCUT2D eigenvalue weighted by molar-refractivity contribution is 5.91. The lowest BCUT2D eigenvalue weighted by atomic mass is 10.0. The summed E-state index contributed by atoms with van der Waals surface area (Å²) in [5, 5.41) is 9.45. The summed E-state index contributed by atoms with van der Waals surface area (Å²) in [5.74, 6) is -0.124. The van der Waals surface area contributed by atoms with E-state index in [-0.39, 0.29) is 23.7 Å². The van der Waals surface area contributed by atoms with Crippen LogP contribution in [0.15, 0.2) is 0 Å². The van der Waals surface area contributed by atoms with E-state index in [1.54, 1.807) is 0 Å². The van der Waals surface area contributed by atoms with Gasteiger partial charge in [0.25, 0.3) is 0 Å². The fourth-order valence-corrected chi connectivity index (χ4v) is 2.07. The summed E-state index contributed by atoms with van der Waals surface area (Å²) in [6.45, 7) is 2.01. The number of rotatable bonds is 2. The lowest BCUT2D eigenvalue weighted by Crippen LogP contribution is -2.24. The number of carbonyl (C=O) groups is 1. The molecule has 3 unspecified atom stereocenters. The van der Waals surface area contributed by atoms with E-state index >= 15 is 0 Å². The van der Waals surface area contributed by atoms with Crippen LogP contribution >= 0.6 is 0 Å². The van der Waals surface area contributed by atoms with Crippen LogP contribution < -0.4 is 5.73 Å². The monoisotopic (exact) mass is 141 g/mol. The zero-order valence-electron chi connectivity index (χ0n) is 5.92. The van der Waals surface area contributed by atoms with Crippen molar-refractivity contribution >= 4 is 5.78 Å². The molecule has 2 aliphatic carbocycles. The molecule has 3 N–H and O–H groups in total. The minimum absolute atomic E-state index is 0.0104. The highest BCUT2D eigenvalue weighted by Gasteiger charge is 2.90. The van der Waals surface area contributed by atoms with Crippen LogP contribution in [-0.2, 0) is 4.79 Å². The Hall–Kier alpha value is -0.410. The Balaban J connectivity index is 2.09. The van der Waals surface area contributed by atoms with Gasteiger partial charge in [-0.25, -0.2) is 0 Å². The molecule has 3 atom stereocenters. The van der Waals surface area contributed by atoms with E-state index in [9.17, 15) is 9.90 Å². The first kappa shape index (κ1) is 6.31. The summed E-state index contributed by atoms with van der Waals surface area (Å²) in [4.78, 5) is 10.9. The first-order chi connectivity index (χ1) is 4.56. The molecule has 0 saturated heterocycles. The highest BCUT2D eigenvalue weighted by Crippen LogP contribution is 2.82. The van der Waals surface area contributed by atoms with Crippen molar-refractivity contribution in [1.82, 2.24) is 0 Å². The SMILES string of the molecule is CC12CC1(O)C2C(=O)CN. The summed E-state index contributed by atoms with van der Waals surface area (Å²) in [6, 6.07) is 0. The Morgan fingerprint density at radius 2 is 2.40 bits per heavy atom. The van der Waals surface area contributed by atoms with E-state index < -0.39 is 5.60 Å². The lowest BCUT2D eigenvalue weighted by Gasteiger charge is -2.04. The van der Waals surface area contributed by atoms with Gasteiger partial charge >= 0.3 is 0 Å². The summed E-state index contributed by atoms with van der Waals surface area (Å²) in [7, 11) is 0. The second kappa shape index (κ2) is 1.29. The van der Waals surface area contributed by atoms with Gasteiger partial charge < -0.3 is 10.8 Å². The van der Waals surface area contributed by atoms with Gasteiger partial charge in [0.05, 0.1) is 18.1 Å². The van der Waals surface area contributed by atoms with Crippen molar-refractivity contribution in [2.45, 2.75) is 18.9 Å². The topological polar surface area (TPSA) is 63.3 Å². The molecule has 10 heavy (non-hydrogen) atoms. The molecular formula is C7H11NO2. The molecule has 0 aliphatic heterocycles. The van der Waals surface area contributed by atoms with Crippen LogP contribution in [0, 0.1) is 11.3 Å². The van der Waals surface area contributed by atoms with Crippen molar-refractivity contribution in [1.29, 1.82) is 0 Å². The van der Waals surface area contributed by atoms with Crippen LogP contribution in [0.2, 0.25) is 0 Å². The quantitative estimate of drug-likeness (QED) is 0.533. The third-order valence-corrected chi connectivity index (χ3v) is 3.06. The molecule has 0 radical (unpaired) electrons. The van der Waals surface area contributed by atoms with Gasteiger partial charge in [-0.1, -0.05) is 6.92 Å². The Morgan fingerprint density at radius 3 is 2.50 bits per heavy atom. The van der Waals surface area contributed by atoms with Gasteiger partial charge in [-0.05, 0) is 6.42 Å². The average Bonchev–Trinajstić information content (AvgIpc) is 2.51. The Morgan fingerprint density at radius 1 is 1.90 bits per heavy atom. The minimum atomic E-state index is -0.635. The number of carbonyl (C=O) groups excluding carboxylic acids is 1. The normalized spacial score (nSPS) is 55.7. The minimum Gasteiger partial charge on any atom is -0.388 e. The van der Waals surface area contributed by atoms with E-state index in [0.717, 1.165) is 6.42 Å². The van der Waals surface area contributed by atoms with Crippen LogP contribution in [0.25, 0.3) is 0 Å². The van der Waals surface area contributed by atoms with Crippen LogP contribution in [0.4, 0.5) is 0 Å². The van der Waals surface area contributed by atoms with Crippen molar-refractivity contribution in [3.8, 4) is 0 Å². The van der Waals surface area contributed by atoms with E-state index in [1.165, 1.54) is 0 Å². The molecule has 0 aromatic carbocycles. The lowest BCUT2D eigenvalue weighted by molar-refractivity contribution is -0.121. The number of hydrogen-bond acceptors (Lipinski definition) is 3. The van der Waals surface area contributed by atoms with Gasteiger partial charge in [0.15, 0.2) is 5.78 Å². The first-order valence-electron chi connectivity index (χ1n) is 3.51. The number of nitrogens with two attached hydrogens (primary N) is 1. The van der Waals surface area contributed by atoms with Crippen LogP contribution in [0.3, 0.4) is 0 Å². The zero-order valence-corrected chi connectivity index (χ0v) is 5.92. The summed E-state index contributed by atoms with van der Waals surface area (Å²) < 4.78 is 0. The van der Waals surface area contributed by atoms with Gasteiger partial charge in [0.2, 0.25) is 0 Å². The Kier molecular flexibility index (Phi) is 0.814. The third-order valence-electron chi connectivity index (χ3n) is 3.06. The maximum Gasteiger partial charge on any atom is 0.153 e. The van der Waals surface area contributed by atoms with Crippen molar-refractivity contribution in [2.75, 3.05) is 6.54 Å². The number of hydrogen-bond donors (Lipinski definition) is 2. The standard InChI is InChI=1S/C7H11NO2/c1-6-3-7(6,10)5(6)4(9)2-8/h5,10H,2-3,8H2,1H3. The van der Waals surface area contributed by atoms with Crippen LogP contribution in [-0.4, -0.2) is 23.0 Å². The predicted octanol–water partition coefficient (Wildman–Crippen LogP) is -0.715. The van der Waals surface area contributed by atoms with E-state index in [2.05, 4.69) is 0 Å². The Labute approximate surface area is 59.2 Å². The van der Waals surface area contributed by atoms with Crippen molar-refractivity contribution in [2.24, 2.45) is 17.1 Å². The largest absolute Gasteiger partial charge is 0.388 e.